The molecule has 8 nitrogen and oxygen atoms in total. The van der Waals surface area contributed by atoms with Crippen molar-refractivity contribution < 1.29 is 13.2 Å². The molecule has 1 saturated heterocycles. The van der Waals surface area contributed by atoms with Gasteiger partial charge < -0.3 is 5.32 Å². The van der Waals surface area contributed by atoms with Gasteiger partial charge >= 0.3 is 0 Å². The third-order valence-electron chi connectivity index (χ3n) is 5.51. The van der Waals surface area contributed by atoms with Crippen LogP contribution in [-0.2, 0) is 16.6 Å². The van der Waals surface area contributed by atoms with Gasteiger partial charge in [0.25, 0.3) is 5.91 Å². The molecule has 0 radical (unpaired) electrons. The first kappa shape index (κ1) is 22.1. The van der Waals surface area contributed by atoms with E-state index in [0.717, 1.165) is 11.1 Å². The topological polar surface area (TPSA) is 112 Å². The molecule has 3 unspecified atom stereocenters. The van der Waals surface area contributed by atoms with Gasteiger partial charge in [0.2, 0.25) is 10.0 Å². The number of carbonyl (C=O) groups excluding carboxylic acids is 1. The summed E-state index contributed by atoms with van der Waals surface area (Å²) in [5, 5.41) is 2.94. The van der Waals surface area contributed by atoms with Gasteiger partial charge in [0.1, 0.15) is 0 Å². The first-order chi connectivity index (χ1) is 15.4. The highest BCUT2D eigenvalue weighted by atomic mass is 32.2. The zero-order valence-electron chi connectivity index (χ0n) is 17.5. The third-order valence-corrected chi connectivity index (χ3v) is 6.91. The molecule has 32 heavy (non-hydrogen) atoms. The number of benzene rings is 2. The molecule has 0 aliphatic carbocycles. The van der Waals surface area contributed by atoms with Crippen LogP contribution < -0.4 is 20.9 Å². The van der Waals surface area contributed by atoms with Crippen molar-refractivity contribution in [3.8, 4) is 0 Å². The summed E-state index contributed by atoms with van der Waals surface area (Å²) in [6.45, 7) is 2.20. The summed E-state index contributed by atoms with van der Waals surface area (Å²) in [7, 11) is -3.76. The molecule has 3 atom stereocenters. The van der Waals surface area contributed by atoms with Gasteiger partial charge in [-0.15, -0.1) is 0 Å². The molecule has 1 aliphatic heterocycles. The van der Waals surface area contributed by atoms with Gasteiger partial charge in [-0.2, -0.15) is 0 Å². The van der Waals surface area contributed by atoms with Gasteiger partial charge in [0.05, 0.1) is 17.1 Å². The lowest BCUT2D eigenvalue weighted by atomic mass is 9.95. The van der Waals surface area contributed by atoms with Gasteiger partial charge in [0.15, 0.2) is 0 Å². The highest BCUT2D eigenvalue weighted by Gasteiger charge is 2.34. The van der Waals surface area contributed by atoms with Gasteiger partial charge in [0, 0.05) is 30.4 Å². The quantitative estimate of drug-likeness (QED) is 0.438. The number of carbonyl (C=O) groups is 1. The highest BCUT2D eigenvalue weighted by molar-refractivity contribution is 7.89. The van der Waals surface area contributed by atoms with Gasteiger partial charge in [-0.05, 0) is 41.5 Å². The minimum absolute atomic E-state index is 0.0113. The zero-order chi connectivity index (χ0) is 22.6. The Bertz CT molecular complexity index is 1170. The molecule has 1 aromatic heterocycles. The first-order valence-corrected chi connectivity index (χ1v) is 11.8. The Balaban J connectivity index is 1.42. The predicted molar refractivity (Wildman–Crippen MR) is 121 cm³/mol. The largest absolute Gasteiger partial charge is 0.335 e. The lowest BCUT2D eigenvalue weighted by Gasteiger charge is -2.20. The zero-order valence-corrected chi connectivity index (χ0v) is 18.3. The average Bonchev–Trinajstić information content (AvgIpc) is 3.19. The molecule has 0 saturated carbocycles. The van der Waals surface area contributed by atoms with E-state index in [9.17, 15) is 13.2 Å². The highest BCUT2D eigenvalue weighted by Crippen LogP contribution is 2.27. The van der Waals surface area contributed by atoms with E-state index in [-0.39, 0.29) is 41.0 Å². The van der Waals surface area contributed by atoms with Crippen molar-refractivity contribution in [3.63, 3.8) is 0 Å². The third kappa shape index (κ3) is 5.03. The van der Waals surface area contributed by atoms with Crippen LogP contribution in [0.25, 0.3) is 0 Å². The predicted octanol–water partition coefficient (Wildman–Crippen LogP) is 2.10. The Hall–Kier alpha value is -3.11. The van der Waals surface area contributed by atoms with Crippen molar-refractivity contribution >= 4 is 15.9 Å². The Morgan fingerprint density at radius 2 is 1.75 bits per heavy atom. The molecule has 2 heterocycles. The lowest BCUT2D eigenvalue weighted by molar-refractivity contribution is 0.0922. The minimum atomic E-state index is -3.76. The summed E-state index contributed by atoms with van der Waals surface area (Å²) in [6.07, 6.45) is 3.14. The van der Waals surface area contributed by atoms with Crippen LogP contribution in [0.2, 0.25) is 0 Å². The maximum Gasteiger partial charge on any atom is 0.252 e. The molecular weight excluding hydrogens is 426 g/mol. The van der Waals surface area contributed by atoms with Crippen molar-refractivity contribution in [2.24, 2.45) is 5.92 Å². The van der Waals surface area contributed by atoms with Crippen LogP contribution >= 0.6 is 0 Å². The fourth-order valence-electron chi connectivity index (χ4n) is 3.65. The minimum Gasteiger partial charge on any atom is -0.335 e. The van der Waals surface area contributed by atoms with E-state index in [0.29, 0.717) is 0 Å². The second-order valence-corrected chi connectivity index (χ2v) is 9.46. The smallest absolute Gasteiger partial charge is 0.252 e. The fraction of sp³-hybridized carbons (Fsp3) is 0.217. The van der Waals surface area contributed by atoms with Crippen LogP contribution in [0, 0.1) is 5.92 Å². The molecule has 1 fully saturated rings. The molecule has 9 heteroatoms. The molecule has 0 spiro atoms. The lowest BCUT2D eigenvalue weighted by Crippen LogP contribution is -2.46. The fourth-order valence-corrected chi connectivity index (χ4v) is 4.71. The van der Waals surface area contributed by atoms with Gasteiger partial charge in [-0.1, -0.05) is 43.3 Å². The van der Waals surface area contributed by atoms with Crippen molar-refractivity contribution in [2.45, 2.75) is 30.6 Å². The Labute approximate surface area is 187 Å². The van der Waals surface area contributed by atoms with E-state index in [4.69, 9.17) is 0 Å². The van der Waals surface area contributed by atoms with Crippen molar-refractivity contribution in [3.05, 3.63) is 95.8 Å². The molecular formula is C23H25N5O3S. The van der Waals surface area contributed by atoms with Crippen molar-refractivity contribution in [1.29, 1.82) is 0 Å². The summed E-state index contributed by atoms with van der Waals surface area (Å²) in [4.78, 5) is 16.9. The van der Waals surface area contributed by atoms with Gasteiger partial charge in [-0.3, -0.25) is 9.78 Å². The van der Waals surface area contributed by atoms with Crippen LogP contribution in [0.1, 0.15) is 34.5 Å². The summed E-state index contributed by atoms with van der Waals surface area (Å²) in [6, 6.07) is 19.1. The van der Waals surface area contributed by atoms with E-state index in [2.05, 4.69) is 25.9 Å². The number of nitrogens with one attached hydrogen (secondary N) is 4. The van der Waals surface area contributed by atoms with Crippen molar-refractivity contribution in [1.82, 2.24) is 25.9 Å². The normalized spacial score (nSPS) is 20.7. The molecule has 166 valence electrons. The molecule has 4 N–H and O–H groups in total. The maximum absolute atomic E-state index is 12.8. The van der Waals surface area contributed by atoms with Crippen LogP contribution in [-0.4, -0.2) is 25.5 Å². The van der Waals surface area contributed by atoms with E-state index in [1.165, 1.54) is 12.1 Å². The van der Waals surface area contributed by atoms with Crippen LogP contribution in [0.15, 0.2) is 84.0 Å². The monoisotopic (exact) mass is 451 g/mol. The Morgan fingerprint density at radius 1 is 1.00 bits per heavy atom. The second kappa shape index (κ2) is 9.58. The number of hydrogen-bond acceptors (Lipinski definition) is 6. The molecule has 3 aromatic rings. The number of nitrogens with zero attached hydrogens (tertiary/aromatic N) is 1. The van der Waals surface area contributed by atoms with Crippen LogP contribution in [0.3, 0.4) is 0 Å². The maximum atomic E-state index is 12.8. The number of hydrazine groups is 1. The summed E-state index contributed by atoms with van der Waals surface area (Å²) < 4.78 is 28.0. The van der Waals surface area contributed by atoms with E-state index < -0.39 is 10.0 Å². The Kier molecular flexibility index (Phi) is 6.61. The average molecular weight is 452 g/mol. The number of rotatable bonds is 7. The van der Waals surface area contributed by atoms with Crippen LogP contribution in [0.5, 0.6) is 0 Å². The van der Waals surface area contributed by atoms with E-state index in [1.54, 1.807) is 24.5 Å². The standard InChI is InChI=1S/C23H25N5O3S/c1-16-21(18-10-12-24-13-11-18)27-28-22(16)26-23(29)19-8-5-9-20(14-19)32(30,31)25-15-17-6-3-2-4-7-17/h2-14,16,21-22,25,27-28H,15H2,1H3,(H,26,29). The summed E-state index contributed by atoms with van der Waals surface area (Å²) >= 11 is 0. The Morgan fingerprint density at radius 3 is 2.50 bits per heavy atom. The summed E-state index contributed by atoms with van der Waals surface area (Å²) in [5.74, 6) is -0.299. The molecule has 1 amide bonds. The van der Waals surface area contributed by atoms with Crippen molar-refractivity contribution in [2.75, 3.05) is 0 Å². The second-order valence-electron chi connectivity index (χ2n) is 7.70. The van der Waals surface area contributed by atoms with Crippen LogP contribution in [0.4, 0.5) is 0 Å². The number of aromatic nitrogens is 1. The summed E-state index contributed by atoms with van der Waals surface area (Å²) in [5.41, 5.74) is 8.49. The van der Waals surface area contributed by atoms with E-state index >= 15 is 0 Å². The SMILES string of the molecule is CC1C(NC(=O)c2cccc(S(=O)(=O)NCc3ccccc3)c2)NNC1c1ccncc1. The number of hydrogen-bond donors (Lipinski definition) is 4. The number of amides is 1. The molecule has 2 aromatic carbocycles. The first-order valence-electron chi connectivity index (χ1n) is 10.3. The number of pyridine rings is 1. The molecule has 1 aliphatic rings. The number of sulfonamides is 1. The molecule has 0 bridgehead atoms. The molecule has 4 rings (SSSR count). The van der Waals surface area contributed by atoms with E-state index in [1.807, 2.05) is 49.4 Å². The van der Waals surface area contributed by atoms with Gasteiger partial charge in [-0.25, -0.2) is 24.0 Å².